The molecule has 2 fully saturated rings. The lowest BCUT2D eigenvalue weighted by Crippen LogP contribution is -2.49. The molecule has 2 rings (SSSR count). The van der Waals surface area contributed by atoms with Gasteiger partial charge in [-0.25, -0.2) is 0 Å². The Hall–Kier alpha value is -0.0800. The van der Waals surface area contributed by atoms with E-state index in [4.69, 9.17) is 0 Å². The summed E-state index contributed by atoms with van der Waals surface area (Å²) in [5.74, 6) is 3.65. The lowest BCUT2D eigenvalue weighted by molar-refractivity contribution is 0.102. The van der Waals surface area contributed by atoms with Crippen LogP contribution in [0.25, 0.3) is 0 Å². The lowest BCUT2D eigenvalue weighted by Gasteiger charge is -2.42. The monoisotopic (exact) mass is 266 g/mol. The zero-order valence-corrected chi connectivity index (χ0v) is 13.5. The Labute approximate surface area is 120 Å². The molecule has 1 N–H and O–H groups in total. The Balaban J connectivity index is 1.92. The van der Waals surface area contributed by atoms with Crippen LogP contribution in [0.4, 0.5) is 0 Å². The second-order valence-corrected chi connectivity index (χ2v) is 7.18. The molecule has 0 aromatic rings. The van der Waals surface area contributed by atoms with Crippen molar-refractivity contribution in [3.05, 3.63) is 0 Å². The highest BCUT2D eigenvalue weighted by Crippen LogP contribution is 2.35. The number of nitrogens with zero attached hydrogens (tertiary/aromatic N) is 1. The molecule has 2 aliphatic carbocycles. The van der Waals surface area contributed by atoms with Gasteiger partial charge in [-0.15, -0.1) is 0 Å². The minimum absolute atomic E-state index is 0.747. The van der Waals surface area contributed by atoms with E-state index in [1.807, 2.05) is 0 Å². The van der Waals surface area contributed by atoms with Crippen LogP contribution in [0.5, 0.6) is 0 Å². The first-order valence-electron chi connectivity index (χ1n) is 8.59. The van der Waals surface area contributed by atoms with E-state index >= 15 is 0 Å². The summed E-state index contributed by atoms with van der Waals surface area (Å²) < 4.78 is 0. The average molecular weight is 266 g/mol. The average Bonchev–Trinajstić information content (AvgIpc) is 3.16. The van der Waals surface area contributed by atoms with Gasteiger partial charge >= 0.3 is 0 Å². The van der Waals surface area contributed by atoms with Gasteiger partial charge in [0.05, 0.1) is 0 Å². The number of nitrogens with one attached hydrogen (secondary N) is 1. The summed E-state index contributed by atoms with van der Waals surface area (Å²) in [7, 11) is 0. The largest absolute Gasteiger partial charge is 0.314 e. The van der Waals surface area contributed by atoms with E-state index in [-0.39, 0.29) is 0 Å². The molecule has 4 unspecified atom stereocenters. The first-order chi connectivity index (χ1) is 9.13. The Morgan fingerprint density at radius 2 is 1.79 bits per heavy atom. The minimum atomic E-state index is 0.747. The van der Waals surface area contributed by atoms with Gasteiger partial charge in [0.25, 0.3) is 0 Å². The van der Waals surface area contributed by atoms with Crippen LogP contribution >= 0.6 is 0 Å². The van der Waals surface area contributed by atoms with Crippen molar-refractivity contribution in [3.63, 3.8) is 0 Å². The fourth-order valence-corrected chi connectivity index (χ4v) is 4.01. The molecule has 0 aliphatic heterocycles. The van der Waals surface area contributed by atoms with Crippen LogP contribution in [0.3, 0.4) is 0 Å². The van der Waals surface area contributed by atoms with Crippen molar-refractivity contribution >= 4 is 0 Å². The summed E-state index contributed by atoms with van der Waals surface area (Å²) in [4.78, 5) is 2.72. The van der Waals surface area contributed by atoms with Crippen LogP contribution in [0.1, 0.15) is 53.4 Å². The molecule has 19 heavy (non-hydrogen) atoms. The van der Waals surface area contributed by atoms with Gasteiger partial charge in [-0.1, -0.05) is 27.7 Å². The van der Waals surface area contributed by atoms with Gasteiger partial charge in [0.1, 0.15) is 0 Å². The molecule has 0 heterocycles. The highest BCUT2D eigenvalue weighted by molar-refractivity contribution is 4.90. The van der Waals surface area contributed by atoms with Crippen LogP contribution < -0.4 is 5.32 Å². The van der Waals surface area contributed by atoms with E-state index in [1.165, 1.54) is 45.3 Å². The maximum Gasteiger partial charge on any atom is 0.0112 e. The maximum atomic E-state index is 3.77. The minimum Gasteiger partial charge on any atom is -0.314 e. The predicted molar refractivity (Wildman–Crippen MR) is 83.4 cm³/mol. The van der Waals surface area contributed by atoms with Gasteiger partial charge in [-0.2, -0.15) is 0 Å². The molecule has 4 atom stereocenters. The third kappa shape index (κ3) is 4.46. The molecular weight excluding hydrogens is 232 g/mol. The summed E-state index contributed by atoms with van der Waals surface area (Å²) >= 11 is 0. The van der Waals surface area contributed by atoms with E-state index < -0.39 is 0 Å². The van der Waals surface area contributed by atoms with Crippen molar-refractivity contribution in [3.8, 4) is 0 Å². The Morgan fingerprint density at radius 1 is 1.05 bits per heavy atom. The number of hydrogen-bond donors (Lipinski definition) is 1. The zero-order chi connectivity index (χ0) is 13.8. The molecule has 0 aromatic carbocycles. The molecule has 2 heteroatoms. The molecule has 112 valence electrons. The van der Waals surface area contributed by atoms with Crippen LogP contribution in [0, 0.1) is 23.7 Å². The Kier molecular flexibility index (Phi) is 5.70. The SMILES string of the molecule is CCNC1CC(C)CC(C)C1CN(CC)CC1CC1. The highest BCUT2D eigenvalue weighted by Gasteiger charge is 2.35. The molecule has 0 saturated heterocycles. The van der Waals surface area contributed by atoms with Crippen LogP contribution in [0.15, 0.2) is 0 Å². The van der Waals surface area contributed by atoms with E-state index in [1.54, 1.807) is 0 Å². The van der Waals surface area contributed by atoms with Gasteiger partial charge in [0, 0.05) is 19.1 Å². The fourth-order valence-electron chi connectivity index (χ4n) is 4.01. The normalized spacial score (nSPS) is 35.8. The molecule has 2 saturated carbocycles. The number of rotatable bonds is 7. The topological polar surface area (TPSA) is 15.3 Å². The molecule has 2 aliphatic rings. The lowest BCUT2D eigenvalue weighted by atomic mass is 9.72. The zero-order valence-electron chi connectivity index (χ0n) is 13.5. The van der Waals surface area contributed by atoms with Crippen molar-refractivity contribution in [2.45, 2.75) is 59.4 Å². The van der Waals surface area contributed by atoms with Crippen molar-refractivity contribution in [2.75, 3.05) is 26.2 Å². The molecule has 0 radical (unpaired) electrons. The summed E-state index contributed by atoms with van der Waals surface area (Å²) in [5, 5.41) is 3.77. The fraction of sp³-hybridized carbons (Fsp3) is 1.00. The molecule has 0 amide bonds. The van der Waals surface area contributed by atoms with E-state index in [9.17, 15) is 0 Å². The van der Waals surface area contributed by atoms with E-state index in [2.05, 4.69) is 37.9 Å². The Bertz CT molecular complexity index is 262. The molecule has 0 aromatic heterocycles. The smallest absolute Gasteiger partial charge is 0.0112 e. The third-order valence-electron chi connectivity index (χ3n) is 5.27. The van der Waals surface area contributed by atoms with Gasteiger partial charge in [0.15, 0.2) is 0 Å². The van der Waals surface area contributed by atoms with E-state index in [0.717, 1.165) is 36.3 Å². The van der Waals surface area contributed by atoms with Crippen molar-refractivity contribution in [2.24, 2.45) is 23.7 Å². The summed E-state index contributed by atoms with van der Waals surface area (Å²) in [6.45, 7) is 14.5. The first-order valence-corrected chi connectivity index (χ1v) is 8.59. The van der Waals surface area contributed by atoms with Gasteiger partial charge in [-0.3, -0.25) is 0 Å². The maximum absolute atomic E-state index is 3.77. The van der Waals surface area contributed by atoms with Crippen molar-refractivity contribution in [1.29, 1.82) is 0 Å². The standard InChI is InChI=1S/C17H34N2/c1-5-18-17-10-13(3)9-14(4)16(17)12-19(6-2)11-15-7-8-15/h13-18H,5-12H2,1-4H3. The highest BCUT2D eigenvalue weighted by atomic mass is 15.1. The summed E-state index contributed by atoms with van der Waals surface area (Å²) in [5.41, 5.74) is 0. The molecule has 0 bridgehead atoms. The van der Waals surface area contributed by atoms with Gasteiger partial charge < -0.3 is 10.2 Å². The second kappa shape index (κ2) is 7.08. The quantitative estimate of drug-likeness (QED) is 0.760. The van der Waals surface area contributed by atoms with Crippen molar-refractivity contribution in [1.82, 2.24) is 10.2 Å². The number of hydrogen-bond acceptors (Lipinski definition) is 2. The van der Waals surface area contributed by atoms with Gasteiger partial charge in [0.2, 0.25) is 0 Å². The third-order valence-corrected chi connectivity index (χ3v) is 5.27. The molecular formula is C17H34N2. The second-order valence-electron chi connectivity index (χ2n) is 7.18. The molecule has 2 nitrogen and oxygen atoms in total. The summed E-state index contributed by atoms with van der Waals surface area (Å²) in [6.07, 6.45) is 5.76. The van der Waals surface area contributed by atoms with Crippen molar-refractivity contribution < 1.29 is 0 Å². The first kappa shape index (κ1) is 15.3. The van der Waals surface area contributed by atoms with E-state index in [0.29, 0.717) is 0 Å². The molecule has 0 spiro atoms. The van der Waals surface area contributed by atoms with Crippen LogP contribution in [0.2, 0.25) is 0 Å². The van der Waals surface area contributed by atoms with Crippen LogP contribution in [-0.4, -0.2) is 37.1 Å². The Morgan fingerprint density at radius 3 is 2.37 bits per heavy atom. The van der Waals surface area contributed by atoms with Gasteiger partial charge in [-0.05, 0) is 62.4 Å². The van der Waals surface area contributed by atoms with Crippen LogP contribution in [-0.2, 0) is 0 Å². The summed E-state index contributed by atoms with van der Waals surface area (Å²) in [6, 6.07) is 0.747. The predicted octanol–water partition coefficient (Wildman–Crippen LogP) is 3.38.